The fraction of sp³-hybridized carbons (Fsp3) is 0.667. The maximum absolute atomic E-state index is 13.6. The number of halogens is 5. The van der Waals surface area contributed by atoms with Gasteiger partial charge < -0.3 is 4.52 Å². The van der Waals surface area contributed by atoms with E-state index < -0.39 is 59.1 Å². The van der Waals surface area contributed by atoms with E-state index in [0.29, 0.717) is 30.3 Å². The lowest BCUT2D eigenvalue weighted by Crippen LogP contribution is -2.52. The average Bonchev–Trinajstić information content (AvgIpc) is 3.13. The van der Waals surface area contributed by atoms with E-state index in [1.807, 2.05) is 6.92 Å². The van der Waals surface area contributed by atoms with Gasteiger partial charge in [0.25, 0.3) is 11.5 Å². The van der Waals surface area contributed by atoms with Crippen molar-refractivity contribution in [1.82, 2.24) is 15.6 Å². The monoisotopic (exact) mass is 509 g/mol. The van der Waals surface area contributed by atoms with E-state index in [0.717, 1.165) is 12.8 Å². The number of nitrogens with one attached hydrogen (secondary N) is 1. The summed E-state index contributed by atoms with van der Waals surface area (Å²) < 4.78 is 56.0. The predicted octanol–water partition coefficient (Wildman–Crippen LogP) is 3.84. The Kier molecular flexibility index (Phi) is 7.69. The van der Waals surface area contributed by atoms with Gasteiger partial charge in [0.15, 0.2) is 5.78 Å². The van der Waals surface area contributed by atoms with E-state index in [1.54, 1.807) is 0 Å². The van der Waals surface area contributed by atoms with Crippen LogP contribution in [0.15, 0.2) is 10.6 Å². The molecule has 8 nitrogen and oxygen atoms in total. The second-order valence-corrected chi connectivity index (χ2v) is 9.58. The molecule has 3 rings (SSSR count). The van der Waals surface area contributed by atoms with Crippen LogP contribution in [0.4, 0.5) is 17.6 Å². The first-order valence-electron chi connectivity index (χ1n) is 10.8. The molecule has 3 atom stereocenters. The number of amides is 2. The summed E-state index contributed by atoms with van der Waals surface area (Å²) in [5.41, 5.74) is -1.03. The van der Waals surface area contributed by atoms with Gasteiger partial charge in [0.2, 0.25) is 11.7 Å². The number of hydrazine groups is 1. The Bertz CT molecular complexity index is 960. The second kappa shape index (κ2) is 10.0. The highest BCUT2D eigenvalue weighted by Crippen LogP contribution is 2.50. The number of carbonyl (C=O) groups excluding carboxylic acids is 4. The Morgan fingerprint density at radius 2 is 2.03 bits per heavy atom. The number of ketones is 2. The lowest BCUT2D eigenvalue weighted by Gasteiger charge is -2.28. The average molecular weight is 510 g/mol. The zero-order valence-electron chi connectivity index (χ0n) is 18.3. The maximum atomic E-state index is 13.6. The maximum Gasteiger partial charge on any atom is 0.452 e. The number of hydrogen-bond acceptors (Lipinski definition) is 6. The summed E-state index contributed by atoms with van der Waals surface area (Å²) in [5.74, 6) is -6.12. The number of alkyl halides is 5. The fourth-order valence-corrected chi connectivity index (χ4v) is 4.09. The van der Waals surface area contributed by atoms with Crippen LogP contribution in [0, 0.1) is 17.3 Å². The molecule has 2 aliphatic rings. The third-order valence-corrected chi connectivity index (χ3v) is 6.44. The third-order valence-electron chi connectivity index (χ3n) is 6.25. The first-order valence-corrected chi connectivity index (χ1v) is 11.2. The van der Waals surface area contributed by atoms with Gasteiger partial charge in [-0.1, -0.05) is 23.7 Å². The topological polar surface area (TPSA) is 110 Å². The highest BCUT2D eigenvalue weighted by Gasteiger charge is 2.43. The van der Waals surface area contributed by atoms with Crippen molar-refractivity contribution in [2.75, 3.05) is 6.54 Å². The van der Waals surface area contributed by atoms with Gasteiger partial charge in [-0.05, 0) is 37.5 Å². The Morgan fingerprint density at radius 3 is 2.53 bits per heavy atom. The molecule has 0 unspecified atom stereocenters. The first kappa shape index (κ1) is 26.1. The van der Waals surface area contributed by atoms with Gasteiger partial charge in [-0.25, -0.2) is 9.40 Å². The number of Topliss-reactive ketones (excluding diaryl/α,β-unsaturated/α-hetero) is 2. The van der Waals surface area contributed by atoms with Crippen molar-refractivity contribution in [3.8, 4) is 0 Å². The van der Waals surface area contributed by atoms with Gasteiger partial charge in [-0.15, -0.1) is 0 Å². The van der Waals surface area contributed by atoms with Gasteiger partial charge in [0.1, 0.15) is 11.5 Å². The van der Waals surface area contributed by atoms with E-state index in [1.165, 1.54) is 0 Å². The summed E-state index contributed by atoms with van der Waals surface area (Å²) in [4.78, 5) is 49.8. The normalized spacial score (nSPS) is 21.1. The molecule has 2 aliphatic carbocycles. The Hall–Kier alpha value is -2.50. The van der Waals surface area contributed by atoms with E-state index in [4.69, 9.17) is 11.6 Å². The van der Waals surface area contributed by atoms with E-state index in [9.17, 15) is 36.7 Å². The smallest absolute Gasteiger partial charge is 0.351 e. The molecule has 1 aromatic rings. The summed E-state index contributed by atoms with van der Waals surface area (Å²) in [6, 6.07) is 0.457. The van der Waals surface area contributed by atoms with Crippen molar-refractivity contribution >= 4 is 35.0 Å². The summed E-state index contributed by atoms with van der Waals surface area (Å²) in [6.45, 7) is 1.61. The molecule has 0 aromatic carbocycles. The van der Waals surface area contributed by atoms with Crippen molar-refractivity contribution in [3.05, 3.63) is 17.5 Å². The van der Waals surface area contributed by atoms with Crippen LogP contribution in [0.3, 0.4) is 0 Å². The minimum Gasteiger partial charge on any atom is -0.351 e. The van der Waals surface area contributed by atoms with Crippen LogP contribution < -0.4 is 5.43 Å². The molecule has 0 radical (unpaired) electrons. The predicted molar refractivity (Wildman–Crippen MR) is 109 cm³/mol. The van der Waals surface area contributed by atoms with Crippen LogP contribution in [0.5, 0.6) is 0 Å². The molecule has 0 aliphatic heterocycles. The Morgan fingerprint density at radius 1 is 1.35 bits per heavy atom. The lowest BCUT2D eigenvalue weighted by atomic mass is 9.88. The number of hydrogen-bond donors (Lipinski definition) is 1. The largest absolute Gasteiger partial charge is 0.452 e. The number of rotatable bonds is 9. The molecule has 188 valence electrons. The molecule has 0 saturated heterocycles. The van der Waals surface area contributed by atoms with Crippen molar-refractivity contribution in [3.63, 3.8) is 0 Å². The highest BCUT2D eigenvalue weighted by molar-refractivity contribution is 6.29. The van der Waals surface area contributed by atoms with E-state index in [2.05, 4.69) is 15.1 Å². The Labute approximate surface area is 197 Å². The van der Waals surface area contributed by atoms with Crippen molar-refractivity contribution in [2.24, 2.45) is 17.3 Å². The Balaban J connectivity index is 1.74. The number of nitrogens with zero attached hydrogens (tertiary/aromatic N) is 2. The molecule has 2 fully saturated rings. The molecule has 2 saturated carbocycles. The van der Waals surface area contributed by atoms with E-state index >= 15 is 0 Å². The van der Waals surface area contributed by atoms with Gasteiger partial charge in [0, 0.05) is 30.7 Å². The molecular formula is C21H24ClF4N3O5. The fourth-order valence-electron chi connectivity index (χ4n) is 3.97. The molecule has 1 N–H and O–H groups in total. The van der Waals surface area contributed by atoms with Crippen LogP contribution in [0.1, 0.15) is 68.1 Å². The van der Waals surface area contributed by atoms with Crippen molar-refractivity contribution in [1.29, 1.82) is 0 Å². The van der Waals surface area contributed by atoms with Crippen LogP contribution in [-0.4, -0.2) is 45.7 Å². The summed E-state index contributed by atoms with van der Waals surface area (Å²) in [7, 11) is 0. The molecular weight excluding hydrogens is 486 g/mol. The van der Waals surface area contributed by atoms with Crippen LogP contribution in [-0.2, 0) is 20.6 Å². The molecule has 13 heteroatoms. The molecule has 34 heavy (non-hydrogen) atoms. The second-order valence-electron chi connectivity index (χ2n) is 9.19. The van der Waals surface area contributed by atoms with Crippen molar-refractivity contribution < 1.29 is 41.3 Å². The minimum absolute atomic E-state index is 0.124. The highest BCUT2D eigenvalue weighted by atomic mass is 35.5. The SMILES string of the molecule is CC1(C[C@H](CC(=O)c2cc(C(F)(F)F)on2)C(=O)NN(C[C@@H]2CCCC2=O)C(=O)[C@H](F)Cl)CC1. The minimum atomic E-state index is -4.83. The first-order chi connectivity index (χ1) is 15.8. The third kappa shape index (κ3) is 6.55. The standard InChI is InChI=1S/C21H24ClF4N3O5/c1-20(5-6-20)9-12(7-15(31)13-8-16(34-28-13)21(24,25)26)18(32)27-29(19(33)17(22)23)10-11-3-2-4-14(11)30/h8,11-12,17H,2-7,9-10H2,1H3,(H,27,32)/t11-,12-,17-/m0/s1. The summed E-state index contributed by atoms with van der Waals surface area (Å²) >= 11 is 5.27. The zero-order chi connectivity index (χ0) is 25.3. The van der Waals surface area contributed by atoms with Gasteiger partial charge in [-0.2, -0.15) is 13.2 Å². The quantitative estimate of drug-likeness (QED) is 0.234. The molecule has 0 spiro atoms. The summed E-state index contributed by atoms with van der Waals surface area (Å²) in [6.07, 6.45) is -2.19. The lowest BCUT2D eigenvalue weighted by molar-refractivity contribution is -0.155. The van der Waals surface area contributed by atoms with Crippen LogP contribution in [0.2, 0.25) is 0 Å². The van der Waals surface area contributed by atoms with Crippen molar-refractivity contribution in [2.45, 2.75) is 63.7 Å². The van der Waals surface area contributed by atoms with Crippen LogP contribution in [0.25, 0.3) is 0 Å². The molecule has 1 heterocycles. The number of aromatic nitrogens is 1. The number of carbonyl (C=O) groups is 4. The molecule has 0 bridgehead atoms. The van der Waals surface area contributed by atoms with Gasteiger partial charge in [0.05, 0.1) is 6.54 Å². The zero-order valence-corrected chi connectivity index (χ0v) is 19.0. The molecule has 2 amide bonds. The van der Waals surface area contributed by atoms with Crippen LogP contribution >= 0.6 is 11.6 Å². The van der Waals surface area contributed by atoms with Gasteiger partial charge >= 0.3 is 6.18 Å². The summed E-state index contributed by atoms with van der Waals surface area (Å²) in [5, 5.41) is 3.80. The van der Waals surface area contributed by atoms with E-state index in [-0.39, 0.29) is 24.2 Å². The molecule has 1 aromatic heterocycles. The van der Waals surface area contributed by atoms with Gasteiger partial charge in [-0.3, -0.25) is 24.6 Å².